The molecular formula is C29H29N5O2S3. The van der Waals surface area contributed by atoms with Gasteiger partial charge in [-0.15, -0.1) is 11.3 Å². The lowest BCUT2D eigenvalue weighted by atomic mass is 9.83. The average Bonchev–Trinajstić information content (AvgIpc) is 3.28. The summed E-state index contributed by atoms with van der Waals surface area (Å²) in [5.41, 5.74) is 4.11. The van der Waals surface area contributed by atoms with Gasteiger partial charge in [0.1, 0.15) is 15.4 Å². The van der Waals surface area contributed by atoms with Crippen molar-refractivity contribution in [1.82, 2.24) is 14.4 Å². The van der Waals surface area contributed by atoms with Gasteiger partial charge >= 0.3 is 0 Å². The van der Waals surface area contributed by atoms with Crippen molar-refractivity contribution in [2.75, 3.05) is 30.7 Å². The zero-order valence-corrected chi connectivity index (χ0v) is 23.9. The topological polar surface area (TPSA) is 81.4 Å². The highest BCUT2D eigenvalue weighted by Crippen LogP contribution is 2.38. The second kappa shape index (κ2) is 11.3. The number of nitriles is 1. The van der Waals surface area contributed by atoms with E-state index in [0.29, 0.717) is 20.8 Å². The number of hydrogen-bond acceptors (Lipinski definition) is 7. The Morgan fingerprint density at radius 3 is 2.82 bits per heavy atom. The van der Waals surface area contributed by atoms with Gasteiger partial charge in [0.25, 0.3) is 5.56 Å². The van der Waals surface area contributed by atoms with Gasteiger partial charge in [-0.2, -0.15) is 5.26 Å². The average molecular weight is 576 g/mol. The highest BCUT2D eigenvalue weighted by molar-refractivity contribution is 8.23. The van der Waals surface area contributed by atoms with Crippen LogP contribution in [0.15, 0.2) is 53.3 Å². The van der Waals surface area contributed by atoms with E-state index in [-0.39, 0.29) is 23.1 Å². The molecule has 5 heterocycles. The van der Waals surface area contributed by atoms with E-state index in [4.69, 9.17) is 12.2 Å². The van der Waals surface area contributed by atoms with Crippen LogP contribution in [-0.4, -0.2) is 50.0 Å². The normalized spacial score (nSPS) is 20.0. The Balaban J connectivity index is 1.05. The van der Waals surface area contributed by atoms with Crippen LogP contribution in [-0.2, 0) is 30.8 Å². The van der Waals surface area contributed by atoms with Crippen molar-refractivity contribution in [3.63, 3.8) is 0 Å². The summed E-state index contributed by atoms with van der Waals surface area (Å²) in [5.74, 6) is 0.707. The summed E-state index contributed by atoms with van der Waals surface area (Å²) in [7, 11) is 0. The molecule has 1 saturated heterocycles. The lowest BCUT2D eigenvalue weighted by molar-refractivity contribution is -0.113. The van der Waals surface area contributed by atoms with E-state index >= 15 is 0 Å². The first kappa shape index (κ1) is 26.3. The van der Waals surface area contributed by atoms with Gasteiger partial charge in [-0.1, -0.05) is 60.4 Å². The number of thiocarbonyl (C=S) groups is 1. The molecule has 0 saturated carbocycles. The van der Waals surface area contributed by atoms with Crippen LogP contribution in [0.3, 0.4) is 0 Å². The van der Waals surface area contributed by atoms with Crippen molar-refractivity contribution in [3.05, 3.63) is 86.1 Å². The summed E-state index contributed by atoms with van der Waals surface area (Å²) < 4.78 is 2.63. The van der Waals surface area contributed by atoms with Crippen LogP contribution in [0, 0.1) is 17.2 Å². The van der Waals surface area contributed by atoms with E-state index in [1.54, 1.807) is 6.07 Å². The zero-order valence-electron chi connectivity index (χ0n) is 21.5. The van der Waals surface area contributed by atoms with Crippen LogP contribution in [0.2, 0.25) is 0 Å². The Kier molecular flexibility index (Phi) is 7.58. The second-order valence-electron chi connectivity index (χ2n) is 10.5. The molecule has 2 aromatic heterocycles. The number of rotatable bonds is 5. The summed E-state index contributed by atoms with van der Waals surface area (Å²) in [4.78, 5) is 31.0. The maximum absolute atomic E-state index is 12.9. The predicted molar refractivity (Wildman–Crippen MR) is 160 cm³/mol. The number of benzene rings is 1. The zero-order chi connectivity index (χ0) is 26.9. The summed E-state index contributed by atoms with van der Waals surface area (Å²) >= 11 is 8.62. The number of thiophene rings is 1. The molecule has 3 aliphatic rings. The molecule has 200 valence electrons. The monoisotopic (exact) mass is 575 g/mol. The van der Waals surface area contributed by atoms with E-state index in [9.17, 15) is 14.9 Å². The number of fused-ring (bicyclic) bond motifs is 5. The molecule has 2 unspecified atom stereocenters. The molecule has 0 spiro atoms. The number of thioether (sulfide) groups is 1. The quantitative estimate of drug-likeness (QED) is 0.451. The van der Waals surface area contributed by atoms with E-state index in [2.05, 4.69) is 45.5 Å². The maximum Gasteiger partial charge on any atom is 0.250 e. The number of nitrogens with one attached hydrogen (secondary N) is 1. The van der Waals surface area contributed by atoms with Crippen LogP contribution in [0.25, 0.3) is 0 Å². The third-order valence-corrected chi connectivity index (χ3v) is 10.5. The number of nitrogens with zero attached hydrogens (tertiary/aromatic N) is 4. The predicted octanol–water partition coefficient (Wildman–Crippen LogP) is 4.42. The van der Waals surface area contributed by atoms with E-state index in [1.165, 1.54) is 28.7 Å². The molecule has 3 aliphatic heterocycles. The van der Waals surface area contributed by atoms with Crippen molar-refractivity contribution in [2.45, 2.75) is 38.4 Å². The minimum Gasteiger partial charge on any atom is -0.356 e. The van der Waals surface area contributed by atoms with Gasteiger partial charge in [-0.3, -0.25) is 14.5 Å². The summed E-state index contributed by atoms with van der Waals surface area (Å²) in [5, 5.41) is 13.5. The second-order valence-corrected chi connectivity index (χ2v) is 13.2. The number of likely N-dealkylation sites (tertiary alicyclic amines) is 1. The Hall–Kier alpha value is -2.97. The molecule has 0 radical (unpaired) electrons. The molecule has 7 nitrogen and oxygen atoms in total. The SMILES string of the molecule is N#Cc1c(NC(=O)CSC(=S)N2CC3CC(C2)c2cccc(=O)n2C3)sc2c1CCN(Cc1ccccc1)C2. The first-order valence-electron chi connectivity index (χ1n) is 13.2. The minimum atomic E-state index is -0.146. The summed E-state index contributed by atoms with van der Waals surface area (Å²) in [6, 6.07) is 18.2. The number of aromatic nitrogens is 1. The van der Waals surface area contributed by atoms with Crippen LogP contribution < -0.4 is 10.9 Å². The van der Waals surface area contributed by atoms with Crippen molar-refractivity contribution in [1.29, 1.82) is 5.26 Å². The number of pyridine rings is 1. The van der Waals surface area contributed by atoms with Crippen molar-refractivity contribution in [2.24, 2.45) is 5.92 Å². The molecule has 3 aromatic rings. The van der Waals surface area contributed by atoms with E-state index in [0.717, 1.165) is 68.2 Å². The fourth-order valence-electron chi connectivity index (χ4n) is 6.07. The van der Waals surface area contributed by atoms with Gasteiger partial charge in [0, 0.05) is 61.8 Å². The number of carbonyl (C=O) groups is 1. The number of carbonyl (C=O) groups excluding carboxylic acids is 1. The third-order valence-electron chi connectivity index (χ3n) is 7.81. The van der Waals surface area contributed by atoms with Crippen LogP contribution in [0.4, 0.5) is 5.00 Å². The number of amides is 1. The smallest absolute Gasteiger partial charge is 0.250 e. The van der Waals surface area contributed by atoms with Crippen molar-refractivity contribution in [3.8, 4) is 6.07 Å². The number of piperidine rings is 1. The number of anilines is 1. The summed E-state index contributed by atoms with van der Waals surface area (Å²) in [6.07, 6.45) is 1.87. The van der Waals surface area contributed by atoms with Crippen molar-refractivity contribution < 1.29 is 4.79 Å². The molecular weight excluding hydrogens is 547 g/mol. The van der Waals surface area contributed by atoms with E-state index < -0.39 is 0 Å². The summed E-state index contributed by atoms with van der Waals surface area (Å²) in [6.45, 7) is 4.84. The molecule has 10 heteroatoms. The van der Waals surface area contributed by atoms with Gasteiger partial charge in [0.2, 0.25) is 5.91 Å². The molecule has 2 bridgehead atoms. The standard InChI is InChI=1S/C29H29N5O2S3/c30-12-23-22-9-10-32(13-19-5-2-1-3-6-19)17-25(22)39-28(23)31-26(35)18-38-29(37)33-14-20-11-21(16-33)24-7-4-8-27(36)34(24)15-20/h1-8,20-21H,9-11,13-18H2,(H,31,35). The van der Waals surface area contributed by atoms with Crippen LogP contribution in [0.5, 0.6) is 0 Å². The fraction of sp³-hybridized carbons (Fsp3) is 0.379. The Bertz CT molecular complexity index is 1510. The highest BCUT2D eigenvalue weighted by Gasteiger charge is 2.35. The maximum atomic E-state index is 12.9. The van der Waals surface area contributed by atoms with Gasteiger partial charge in [-0.25, -0.2) is 0 Å². The fourth-order valence-corrected chi connectivity index (χ4v) is 8.31. The van der Waals surface area contributed by atoms with Crippen LogP contribution >= 0.6 is 35.3 Å². The minimum absolute atomic E-state index is 0.0696. The van der Waals surface area contributed by atoms with Gasteiger partial charge in [0.05, 0.1) is 11.3 Å². The molecule has 1 N–H and O–H groups in total. The highest BCUT2D eigenvalue weighted by atomic mass is 32.2. The molecule has 2 atom stereocenters. The Labute approximate surface area is 241 Å². The van der Waals surface area contributed by atoms with E-state index in [1.807, 2.05) is 22.8 Å². The Morgan fingerprint density at radius 1 is 1.15 bits per heavy atom. The largest absolute Gasteiger partial charge is 0.356 e. The third kappa shape index (κ3) is 5.54. The van der Waals surface area contributed by atoms with Crippen LogP contribution in [0.1, 0.15) is 39.6 Å². The van der Waals surface area contributed by atoms with Crippen molar-refractivity contribution >= 4 is 50.5 Å². The molecule has 1 aromatic carbocycles. The first-order chi connectivity index (χ1) is 19.0. The lowest BCUT2D eigenvalue weighted by Crippen LogP contribution is -2.48. The van der Waals surface area contributed by atoms with Gasteiger partial charge in [-0.05, 0) is 36.0 Å². The Morgan fingerprint density at radius 2 is 2.00 bits per heavy atom. The van der Waals surface area contributed by atoms with Gasteiger partial charge in [0.15, 0.2) is 0 Å². The lowest BCUT2D eigenvalue weighted by Gasteiger charge is -2.43. The number of hydrogen-bond donors (Lipinski definition) is 1. The molecule has 1 fully saturated rings. The molecule has 0 aliphatic carbocycles. The first-order valence-corrected chi connectivity index (χ1v) is 15.4. The molecule has 6 rings (SSSR count). The molecule has 39 heavy (non-hydrogen) atoms. The molecule has 1 amide bonds. The van der Waals surface area contributed by atoms with Gasteiger partial charge < -0.3 is 14.8 Å².